The van der Waals surface area contributed by atoms with Crippen LogP contribution in [0.4, 0.5) is 4.79 Å². The number of urea groups is 1. The normalized spacial score (nSPS) is 27.1. The molecule has 1 saturated heterocycles. The topological polar surface area (TPSA) is 234 Å². The van der Waals surface area contributed by atoms with Crippen molar-refractivity contribution in [1.29, 1.82) is 0 Å². The summed E-state index contributed by atoms with van der Waals surface area (Å²) in [5.74, 6) is 0. The van der Waals surface area contributed by atoms with E-state index in [-0.39, 0.29) is 0 Å². The molecule has 14 nitrogen and oxygen atoms in total. The first-order valence-corrected chi connectivity index (χ1v) is 13.4. The largest absolute Gasteiger partial charge is 0.394 e. The zero-order chi connectivity index (χ0) is 28.5. The maximum atomic E-state index is 11.8. The van der Waals surface area contributed by atoms with Gasteiger partial charge >= 0.3 is 6.03 Å². The summed E-state index contributed by atoms with van der Waals surface area (Å²) in [4.78, 5) is 11.8. The van der Waals surface area contributed by atoms with Gasteiger partial charge < -0.3 is 55.6 Å². The minimum absolute atomic E-state index is 0.445. The molecule has 2 amide bonds. The van der Waals surface area contributed by atoms with Crippen molar-refractivity contribution in [3.05, 3.63) is 0 Å². The Labute approximate surface area is 223 Å². The van der Waals surface area contributed by atoms with E-state index >= 15 is 0 Å². The number of aliphatic hydroxyl groups is 8. The minimum Gasteiger partial charge on any atom is -0.394 e. The van der Waals surface area contributed by atoms with E-state index < -0.39 is 74.4 Å². The number of carbonyl (C=O) groups excluding carboxylic acids is 1. The number of nitrogens with zero attached hydrogens (tertiary/aromatic N) is 1. The van der Waals surface area contributed by atoms with Gasteiger partial charge in [0.15, 0.2) is 6.29 Å². The molecule has 224 valence electrons. The highest BCUT2D eigenvalue weighted by atomic mass is 16.7. The lowest BCUT2D eigenvalue weighted by Crippen LogP contribution is -2.61. The lowest BCUT2D eigenvalue weighted by Gasteiger charge is -2.42. The molecule has 0 aromatic heterocycles. The summed E-state index contributed by atoms with van der Waals surface area (Å²) in [5.41, 5.74) is 2.14. The Morgan fingerprint density at radius 2 is 1.55 bits per heavy atom. The molecule has 38 heavy (non-hydrogen) atoms. The van der Waals surface area contributed by atoms with Crippen LogP contribution in [0, 0.1) is 0 Å². The second-order valence-corrected chi connectivity index (χ2v) is 9.50. The minimum atomic E-state index is -1.93. The van der Waals surface area contributed by atoms with Crippen molar-refractivity contribution in [1.82, 2.24) is 10.7 Å². The highest BCUT2D eigenvalue weighted by Crippen LogP contribution is 2.24. The Hall–Kier alpha value is -1.46. The highest BCUT2D eigenvalue weighted by molar-refractivity contribution is 5.75. The zero-order valence-electron chi connectivity index (χ0n) is 22.0. The monoisotopic (exact) mass is 553 g/mol. The SMILES string of the molecule is CCCCCCCCCCCNC(=O)N/N=C/[C@H](O)[C@@H](O)[C@H](O[C@H]1O[C@H](CO)[C@@H](O)[C@H](O)[C@H]1O)[C@H](O)CO. The molecule has 1 aliphatic rings. The van der Waals surface area contributed by atoms with Gasteiger partial charge in [-0.1, -0.05) is 58.3 Å². The Morgan fingerprint density at radius 1 is 0.947 bits per heavy atom. The van der Waals surface area contributed by atoms with E-state index in [1.54, 1.807) is 0 Å². The predicted octanol–water partition coefficient (Wildman–Crippen LogP) is -1.94. The van der Waals surface area contributed by atoms with Crippen LogP contribution in [0.15, 0.2) is 5.10 Å². The summed E-state index contributed by atoms with van der Waals surface area (Å²) in [5, 5.41) is 85.3. The van der Waals surface area contributed by atoms with Crippen molar-refractivity contribution in [3.8, 4) is 0 Å². The quantitative estimate of drug-likeness (QED) is 0.0480. The van der Waals surface area contributed by atoms with Crippen LogP contribution in [0.1, 0.15) is 64.7 Å². The Kier molecular flexibility index (Phi) is 17.8. The van der Waals surface area contributed by atoms with Gasteiger partial charge in [0.2, 0.25) is 0 Å². The average Bonchev–Trinajstić information content (AvgIpc) is 2.91. The number of aliphatic hydroxyl groups excluding tert-OH is 8. The van der Waals surface area contributed by atoms with Crippen LogP contribution in [-0.2, 0) is 9.47 Å². The van der Waals surface area contributed by atoms with Crippen LogP contribution in [0.5, 0.6) is 0 Å². The van der Waals surface area contributed by atoms with Crippen LogP contribution in [0.2, 0.25) is 0 Å². The molecular weight excluding hydrogens is 506 g/mol. The van der Waals surface area contributed by atoms with E-state index in [1.807, 2.05) is 0 Å². The highest BCUT2D eigenvalue weighted by Gasteiger charge is 2.46. The number of carbonyl (C=O) groups is 1. The van der Waals surface area contributed by atoms with Gasteiger partial charge in [0.25, 0.3) is 0 Å². The number of hydrogen-bond donors (Lipinski definition) is 10. The second kappa shape index (κ2) is 19.6. The lowest BCUT2D eigenvalue weighted by molar-refractivity contribution is -0.326. The molecule has 14 heteroatoms. The molecule has 0 unspecified atom stereocenters. The van der Waals surface area contributed by atoms with Crippen molar-refractivity contribution in [3.63, 3.8) is 0 Å². The molecule has 1 fully saturated rings. The van der Waals surface area contributed by atoms with Crippen molar-refractivity contribution in [2.45, 2.75) is 120 Å². The fraction of sp³-hybridized carbons (Fsp3) is 0.917. The number of hydrogen-bond acceptors (Lipinski definition) is 12. The third-order valence-corrected chi connectivity index (χ3v) is 6.35. The molecule has 0 spiro atoms. The summed E-state index contributed by atoms with van der Waals surface area (Å²) in [6, 6.07) is -0.619. The lowest BCUT2D eigenvalue weighted by atomic mass is 9.98. The van der Waals surface area contributed by atoms with Gasteiger partial charge in [0.1, 0.15) is 48.8 Å². The second-order valence-electron chi connectivity index (χ2n) is 9.50. The Balaban J connectivity index is 2.45. The van der Waals surface area contributed by atoms with Crippen LogP contribution in [-0.4, -0.2) is 128 Å². The number of ether oxygens (including phenoxy) is 2. The van der Waals surface area contributed by atoms with E-state index in [0.717, 1.165) is 25.5 Å². The fourth-order valence-corrected chi connectivity index (χ4v) is 3.97. The van der Waals surface area contributed by atoms with E-state index in [0.29, 0.717) is 6.54 Å². The molecule has 10 N–H and O–H groups in total. The standard InChI is InChI=1S/C24H47N3O11/c1-2-3-4-5-6-7-8-9-10-11-25-24(36)27-26-12-15(30)18(32)22(16(31)13-28)38-23-21(35)20(34)19(33)17(14-29)37-23/h12,15-23,28-35H,2-11,13-14H2,1H3,(H2,25,27,36)/b26-12+/t15-,16+,17+,18+,19+,20-,21+,22+,23+/m0/s1. The molecule has 1 rings (SSSR count). The number of nitrogens with one attached hydrogen (secondary N) is 2. The first kappa shape index (κ1) is 34.6. The van der Waals surface area contributed by atoms with Gasteiger partial charge in [0.05, 0.1) is 19.4 Å². The van der Waals surface area contributed by atoms with E-state index in [9.17, 15) is 45.6 Å². The molecule has 0 aromatic rings. The van der Waals surface area contributed by atoms with E-state index in [4.69, 9.17) is 9.47 Å². The third kappa shape index (κ3) is 12.2. The van der Waals surface area contributed by atoms with Crippen LogP contribution >= 0.6 is 0 Å². The summed E-state index contributed by atoms with van der Waals surface area (Å²) in [6.07, 6.45) is -4.48. The summed E-state index contributed by atoms with van der Waals surface area (Å²) >= 11 is 0. The third-order valence-electron chi connectivity index (χ3n) is 6.35. The zero-order valence-corrected chi connectivity index (χ0v) is 22.0. The Bertz CT molecular complexity index is 658. The molecule has 1 aliphatic heterocycles. The van der Waals surface area contributed by atoms with E-state index in [1.165, 1.54) is 38.5 Å². The number of hydrazone groups is 1. The predicted molar refractivity (Wildman–Crippen MR) is 136 cm³/mol. The molecular formula is C24H47N3O11. The molecule has 0 saturated carbocycles. The Morgan fingerprint density at radius 3 is 2.13 bits per heavy atom. The van der Waals surface area contributed by atoms with Gasteiger partial charge in [-0.15, -0.1) is 0 Å². The average molecular weight is 554 g/mol. The fourth-order valence-electron chi connectivity index (χ4n) is 3.97. The summed E-state index contributed by atoms with van der Waals surface area (Å²) < 4.78 is 10.5. The van der Waals surface area contributed by atoms with Crippen molar-refractivity contribution >= 4 is 12.2 Å². The maximum Gasteiger partial charge on any atom is 0.335 e. The molecule has 0 radical (unpaired) electrons. The van der Waals surface area contributed by atoms with Gasteiger partial charge in [-0.2, -0.15) is 5.10 Å². The van der Waals surface area contributed by atoms with Crippen molar-refractivity contribution in [2.75, 3.05) is 19.8 Å². The molecule has 0 aromatic carbocycles. The van der Waals surface area contributed by atoms with Crippen molar-refractivity contribution in [2.24, 2.45) is 5.10 Å². The first-order valence-electron chi connectivity index (χ1n) is 13.4. The van der Waals surface area contributed by atoms with Crippen LogP contribution in [0.25, 0.3) is 0 Å². The van der Waals surface area contributed by atoms with Gasteiger partial charge in [-0.05, 0) is 6.42 Å². The van der Waals surface area contributed by atoms with Crippen molar-refractivity contribution < 1.29 is 55.1 Å². The molecule has 9 atom stereocenters. The molecule has 0 aliphatic carbocycles. The summed E-state index contributed by atoms with van der Waals surface area (Å²) in [7, 11) is 0. The van der Waals surface area contributed by atoms with Gasteiger partial charge in [0, 0.05) is 6.54 Å². The van der Waals surface area contributed by atoms with Crippen LogP contribution < -0.4 is 10.7 Å². The van der Waals surface area contributed by atoms with Gasteiger partial charge in [-0.3, -0.25) is 0 Å². The van der Waals surface area contributed by atoms with E-state index in [2.05, 4.69) is 22.8 Å². The maximum absolute atomic E-state index is 11.8. The summed E-state index contributed by atoms with van der Waals surface area (Å²) in [6.45, 7) is 0.983. The number of unbranched alkanes of at least 4 members (excludes halogenated alkanes) is 8. The smallest absolute Gasteiger partial charge is 0.335 e. The molecule has 1 heterocycles. The first-order chi connectivity index (χ1) is 18.2. The van der Waals surface area contributed by atoms with Crippen LogP contribution in [0.3, 0.4) is 0 Å². The number of amides is 2. The number of rotatable bonds is 19. The molecule has 0 bridgehead atoms. The van der Waals surface area contributed by atoms with Gasteiger partial charge in [-0.25, -0.2) is 10.2 Å².